The Kier molecular flexibility index (Phi) is 4.16. The minimum absolute atomic E-state index is 0.0230. The van der Waals surface area contributed by atoms with Gasteiger partial charge in [-0.3, -0.25) is 0 Å². The van der Waals surface area contributed by atoms with Crippen LogP contribution < -0.4 is 10.1 Å². The molecule has 2 rings (SSSR count). The number of ether oxygens (including phenoxy) is 1. The zero-order valence-corrected chi connectivity index (χ0v) is 11.5. The van der Waals surface area contributed by atoms with E-state index in [0.29, 0.717) is 24.9 Å². The first kappa shape index (κ1) is 13.5. The molecule has 1 N–H and O–H groups in total. The highest BCUT2D eigenvalue weighted by Crippen LogP contribution is 2.10. The SMILES string of the molecule is CC(C)(C)NCc1nc(COc2ccccc2)no1. The Bertz CT molecular complexity index is 503. The maximum Gasteiger partial charge on any atom is 0.240 e. The molecule has 1 heterocycles. The van der Waals surface area contributed by atoms with E-state index in [1.807, 2.05) is 30.3 Å². The molecule has 0 saturated carbocycles. The van der Waals surface area contributed by atoms with E-state index in [0.717, 1.165) is 5.75 Å². The molecule has 0 aliphatic heterocycles. The summed E-state index contributed by atoms with van der Waals surface area (Å²) in [6.07, 6.45) is 0. The highest BCUT2D eigenvalue weighted by atomic mass is 16.5. The first-order valence-electron chi connectivity index (χ1n) is 6.27. The molecule has 0 unspecified atom stereocenters. The van der Waals surface area contributed by atoms with Crippen molar-refractivity contribution in [1.82, 2.24) is 15.5 Å². The van der Waals surface area contributed by atoms with Gasteiger partial charge in [0, 0.05) is 5.54 Å². The van der Waals surface area contributed by atoms with Crippen molar-refractivity contribution in [3.8, 4) is 5.75 Å². The minimum atomic E-state index is 0.0230. The van der Waals surface area contributed by atoms with E-state index in [2.05, 4.69) is 36.2 Å². The lowest BCUT2D eigenvalue weighted by molar-refractivity contribution is 0.283. The summed E-state index contributed by atoms with van der Waals surface area (Å²) in [4.78, 5) is 4.26. The van der Waals surface area contributed by atoms with Crippen molar-refractivity contribution in [2.75, 3.05) is 0 Å². The maximum absolute atomic E-state index is 5.55. The molecule has 0 saturated heterocycles. The Balaban J connectivity index is 1.84. The number of para-hydroxylation sites is 1. The summed E-state index contributed by atoms with van der Waals surface area (Å²) in [6.45, 7) is 7.12. The van der Waals surface area contributed by atoms with E-state index in [1.54, 1.807) is 0 Å². The fourth-order valence-corrected chi connectivity index (χ4v) is 1.43. The molecule has 0 bridgehead atoms. The molecule has 1 aromatic carbocycles. The van der Waals surface area contributed by atoms with Crippen LogP contribution in [0.4, 0.5) is 0 Å². The van der Waals surface area contributed by atoms with E-state index in [1.165, 1.54) is 0 Å². The van der Waals surface area contributed by atoms with Gasteiger partial charge in [-0.05, 0) is 32.9 Å². The number of rotatable bonds is 5. The van der Waals surface area contributed by atoms with Gasteiger partial charge in [0.1, 0.15) is 5.75 Å². The van der Waals surface area contributed by atoms with Crippen LogP contribution >= 0.6 is 0 Å². The largest absolute Gasteiger partial charge is 0.485 e. The molecular formula is C14H19N3O2. The average Bonchev–Trinajstić information content (AvgIpc) is 2.82. The monoisotopic (exact) mass is 261 g/mol. The van der Waals surface area contributed by atoms with Crippen molar-refractivity contribution in [2.24, 2.45) is 0 Å². The van der Waals surface area contributed by atoms with Gasteiger partial charge in [0.15, 0.2) is 6.61 Å². The molecule has 0 aliphatic carbocycles. The summed E-state index contributed by atoms with van der Waals surface area (Å²) < 4.78 is 10.7. The molecule has 102 valence electrons. The van der Waals surface area contributed by atoms with Crippen LogP contribution in [0, 0.1) is 0 Å². The van der Waals surface area contributed by atoms with Gasteiger partial charge in [0.25, 0.3) is 0 Å². The standard InChI is InChI=1S/C14H19N3O2/c1-14(2,3)15-9-13-16-12(17-19-13)10-18-11-7-5-4-6-8-11/h4-8,15H,9-10H2,1-3H3. The van der Waals surface area contributed by atoms with E-state index in [-0.39, 0.29) is 5.54 Å². The Morgan fingerprint density at radius 3 is 2.63 bits per heavy atom. The molecule has 5 nitrogen and oxygen atoms in total. The van der Waals surface area contributed by atoms with E-state index < -0.39 is 0 Å². The van der Waals surface area contributed by atoms with Crippen LogP contribution in [0.2, 0.25) is 0 Å². The summed E-state index contributed by atoms with van der Waals surface area (Å²) in [6, 6.07) is 9.57. The zero-order valence-electron chi connectivity index (χ0n) is 11.5. The quantitative estimate of drug-likeness (QED) is 0.896. The fourth-order valence-electron chi connectivity index (χ4n) is 1.43. The number of benzene rings is 1. The lowest BCUT2D eigenvalue weighted by Crippen LogP contribution is -2.35. The lowest BCUT2D eigenvalue weighted by Gasteiger charge is -2.18. The summed E-state index contributed by atoms with van der Waals surface area (Å²) in [7, 11) is 0. The summed E-state index contributed by atoms with van der Waals surface area (Å²) in [5, 5.41) is 7.17. The van der Waals surface area contributed by atoms with Gasteiger partial charge in [-0.15, -0.1) is 0 Å². The van der Waals surface area contributed by atoms with Crippen molar-refractivity contribution in [2.45, 2.75) is 39.5 Å². The van der Waals surface area contributed by atoms with E-state index in [9.17, 15) is 0 Å². The smallest absolute Gasteiger partial charge is 0.240 e. The van der Waals surface area contributed by atoms with Crippen molar-refractivity contribution in [3.05, 3.63) is 42.0 Å². The molecule has 0 fully saturated rings. The second-order valence-corrected chi connectivity index (χ2v) is 5.31. The normalized spacial score (nSPS) is 11.5. The molecule has 1 aromatic heterocycles. The van der Waals surface area contributed by atoms with Gasteiger partial charge in [0.05, 0.1) is 6.54 Å². The number of hydrogen-bond acceptors (Lipinski definition) is 5. The third-order valence-electron chi connectivity index (χ3n) is 2.39. The molecule has 2 aromatic rings. The van der Waals surface area contributed by atoms with Crippen LogP contribution in [0.3, 0.4) is 0 Å². The third kappa shape index (κ3) is 4.71. The molecular weight excluding hydrogens is 242 g/mol. The summed E-state index contributed by atoms with van der Waals surface area (Å²) in [5.74, 6) is 1.91. The van der Waals surface area contributed by atoms with Gasteiger partial charge < -0.3 is 14.6 Å². The molecule has 5 heteroatoms. The topological polar surface area (TPSA) is 60.2 Å². The van der Waals surface area contributed by atoms with Gasteiger partial charge in [0.2, 0.25) is 11.7 Å². The van der Waals surface area contributed by atoms with E-state index in [4.69, 9.17) is 9.26 Å². The van der Waals surface area contributed by atoms with Gasteiger partial charge in [-0.2, -0.15) is 4.98 Å². The van der Waals surface area contributed by atoms with Crippen LogP contribution in [-0.4, -0.2) is 15.7 Å². The molecule has 19 heavy (non-hydrogen) atoms. The van der Waals surface area contributed by atoms with E-state index >= 15 is 0 Å². The Morgan fingerprint density at radius 2 is 1.95 bits per heavy atom. The van der Waals surface area contributed by atoms with Crippen LogP contribution in [-0.2, 0) is 13.2 Å². The van der Waals surface area contributed by atoms with Crippen LogP contribution in [0.25, 0.3) is 0 Å². The van der Waals surface area contributed by atoms with Crippen LogP contribution in [0.15, 0.2) is 34.9 Å². The number of nitrogens with one attached hydrogen (secondary N) is 1. The summed E-state index contributed by atoms with van der Waals surface area (Å²) in [5.41, 5.74) is 0.0230. The molecule has 0 amide bonds. The lowest BCUT2D eigenvalue weighted by atomic mass is 10.1. The number of hydrogen-bond donors (Lipinski definition) is 1. The second-order valence-electron chi connectivity index (χ2n) is 5.31. The Hall–Kier alpha value is -1.88. The second kappa shape index (κ2) is 5.84. The van der Waals surface area contributed by atoms with Crippen molar-refractivity contribution in [3.63, 3.8) is 0 Å². The van der Waals surface area contributed by atoms with Crippen molar-refractivity contribution < 1.29 is 9.26 Å². The predicted octanol–water partition coefficient (Wildman–Crippen LogP) is 2.54. The van der Waals surface area contributed by atoms with Crippen molar-refractivity contribution in [1.29, 1.82) is 0 Å². The first-order chi connectivity index (χ1) is 9.03. The molecule has 0 radical (unpaired) electrons. The highest BCUT2D eigenvalue weighted by molar-refractivity contribution is 5.20. The van der Waals surface area contributed by atoms with Crippen molar-refractivity contribution >= 4 is 0 Å². The molecule has 0 atom stereocenters. The zero-order chi connectivity index (χ0) is 13.7. The summed E-state index contributed by atoms with van der Waals surface area (Å²) >= 11 is 0. The Labute approximate surface area is 113 Å². The Morgan fingerprint density at radius 1 is 1.21 bits per heavy atom. The highest BCUT2D eigenvalue weighted by Gasteiger charge is 2.12. The first-order valence-corrected chi connectivity index (χ1v) is 6.27. The van der Waals surface area contributed by atoms with Gasteiger partial charge >= 0.3 is 0 Å². The maximum atomic E-state index is 5.55. The molecule has 0 aliphatic rings. The predicted molar refractivity (Wildman–Crippen MR) is 71.7 cm³/mol. The third-order valence-corrected chi connectivity index (χ3v) is 2.39. The van der Waals surface area contributed by atoms with Crippen LogP contribution in [0.1, 0.15) is 32.5 Å². The van der Waals surface area contributed by atoms with Gasteiger partial charge in [-0.1, -0.05) is 23.4 Å². The number of nitrogens with zero attached hydrogens (tertiary/aromatic N) is 2. The van der Waals surface area contributed by atoms with Gasteiger partial charge in [-0.25, -0.2) is 0 Å². The average molecular weight is 261 g/mol. The fraction of sp³-hybridized carbons (Fsp3) is 0.429. The number of aromatic nitrogens is 2. The molecule has 0 spiro atoms. The van der Waals surface area contributed by atoms with Crippen LogP contribution in [0.5, 0.6) is 5.75 Å². The minimum Gasteiger partial charge on any atom is -0.485 e.